The van der Waals surface area contributed by atoms with Gasteiger partial charge < -0.3 is 15.4 Å². The summed E-state index contributed by atoms with van der Waals surface area (Å²) in [4.78, 5) is 8.78. The van der Waals surface area contributed by atoms with Crippen LogP contribution in [0.1, 0.15) is 30.5 Å². The van der Waals surface area contributed by atoms with Crippen molar-refractivity contribution in [3.8, 4) is 0 Å². The molecule has 0 saturated carbocycles. The van der Waals surface area contributed by atoms with E-state index in [0.29, 0.717) is 12.0 Å². The Morgan fingerprint density at radius 2 is 2.39 bits per heavy atom. The van der Waals surface area contributed by atoms with Gasteiger partial charge in [0.25, 0.3) is 0 Å². The molecule has 0 unspecified atom stereocenters. The highest BCUT2D eigenvalue weighted by Gasteiger charge is 2.14. The summed E-state index contributed by atoms with van der Waals surface area (Å²) in [7, 11) is 0. The van der Waals surface area contributed by atoms with E-state index in [2.05, 4.69) is 30.8 Å². The summed E-state index contributed by atoms with van der Waals surface area (Å²) in [5.74, 6) is 1.51. The molecule has 1 aliphatic rings. The maximum Gasteiger partial charge on any atom is 0.224 e. The third kappa shape index (κ3) is 4.66. The van der Waals surface area contributed by atoms with Crippen LogP contribution in [0.3, 0.4) is 0 Å². The highest BCUT2D eigenvalue weighted by Crippen LogP contribution is 2.13. The lowest BCUT2D eigenvalue weighted by Crippen LogP contribution is -2.30. The third-order valence-electron chi connectivity index (χ3n) is 4.01. The largest absolute Gasteiger partial charge is 0.379 e. The number of aromatic amines is 1. The van der Waals surface area contributed by atoms with Gasteiger partial charge in [-0.2, -0.15) is 10.1 Å². The van der Waals surface area contributed by atoms with Crippen LogP contribution in [-0.2, 0) is 11.2 Å². The molecule has 124 valence electrons. The van der Waals surface area contributed by atoms with Crippen LogP contribution in [-0.4, -0.2) is 46.0 Å². The van der Waals surface area contributed by atoms with E-state index < -0.39 is 0 Å². The van der Waals surface area contributed by atoms with Gasteiger partial charge in [-0.05, 0) is 44.2 Å². The molecule has 0 radical (unpaired) electrons. The first-order valence-corrected chi connectivity index (χ1v) is 8.21. The fourth-order valence-electron chi connectivity index (χ4n) is 2.69. The zero-order valence-corrected chi connectivity index (χ0v) is 13.5. The number of nitrogens with zero attached hydrogens (tertiary/aromatic N) is 3. The van der Waals surface area contributed by atoms with Crippen LogP contribution in [0.5, 0.6) is 0 Å². The Hall–Kier alpha value is -2.15. The molecule has 1 atom stereocenters. The van der Waals surface area contributed by atoms with Crippen LogP contribution in [0, 0.1) is 6.92 Å². The molecule has 23 heavy (non-hydrogen) atoms. The van der Waals surface area contributed by atoms with Crippen molar-refractivity contribution in [1.29, 1.82) is 0 Å². The van der Waals surface area contributed by atoms with Crippen molar-refractivity contribution in [3.05, 3.63) is 29.7 Å². The molecule has 0 aliphatic carbocycles. The average molecular weight is 316 g/mol. The molecule has 1 fully saturated rings. The van der Waals surface area contributed by atoms with Crippen LogP contribution in [0.2, 0.25) is 0 Å². The summed E-state index contributed by atoms with van der Waals surface area (Å²) < 4.78 is 5.48. The van der Waals surface area contributed by atoms with Crippen molar-refractivity contribution in [2.75, 3.05) is 30.4 Å². The monoisotopic (exact) mass is 316 g/mol. The molecule has 0 spiro atoms. The lowest BCUT2D eigenvalue weighted by atomic mass is 10.1. The van der Waals surface area contributed by atoms with Gasteiger partial charge >= 0.3 is 0 Å². The molecule has 7 nitrogen and oxygen atoms in total. The van der Waals surface area contributed by atoms with Gasteiger partial charge in [0, 0.05) is 25.0 Å². The molecule has 1 aliphatic heterocycles. The Kier molecular flexibility index (Phi) is 5.42. The van der Waals surface area contributed by atoms with E-state index in [1.54, 1.807) is 6.20 Å². The first-order valence-electron chi connectivity index (χ1n) is 8.21. The van der Waals surface area contributed by atoms with Gasteiger partial charge in [0.05, 0.1) is 18.8 Å². The smallest absolute Gasteiger partial charge is 0.224 e. The number of nitrogens with one attached hydrogen (secondary N) is 3. The minimum Gasteiger partial charge on any atom is -0.379 e. The molecule has 0 amide bonds. The highest BCUT2D eigenvalue weighted by molar-refractivity contribution is 5.40. The van der Waals surface area contributed by atoms with E-state index in [1.165, 1.54) is 5.56 Å². The lowest BCUT2D eigenvalue weighted by Gasteiger charge is -2.23. The maximum atomic E-state index is 5.48. The van der Waals surface area contributed by atoms with E-state index >= 15 is 0 Å². The summed E-state index contributed by atoms with van der Waals surface area (Å²) in [6.45, 7) is 4.49. The molecular formula is C16H24N6O. The maximum absolute atomic E-state index is 5.48. The van der Waals surface area contributed by atoms with Crippen molar-refractivity contribution in [3.63, 3.8) is 0 Å². The van der Waals surface area contributed by atoms with Crippen molar-refractivity contribution in [1.82, 2.24) is 20.2 Å². The summed E-state index contributed by atoms with van der Waals surface area (Å²) in [6, 6.07) is 2.24. The Balaban J connectivity index is 1.44. The Labute approximate surface area is 136 Å². The number of anilines is 2. The van der Waals surface area contributed by atoms with Gasteiger partial charge in [0.2, 0.25) is 5.95 Å². The number of ether oxygens (including phenoxy) is 1. The highest BCUT2D eigenvalue weighted by atomic mass is 16.5. The summed E-state index contributed by atoms with van der Waals surface area (Å²) in [5, 5.41) is 13.7. The number of rotatable bonds is 7. The van der Waals surface area contributed by atoms with Gasteiger partial charge in [0.1, 0.15) is 5.82 Å². The van der Waals surface area contributed by atoms with E-state index in [0.717, 1.165) is 57.0 Å². The predicted octanol–water partition coefficient (Wildman–Crippen LogP) is 2.14. The van der Waals surface area contributed by atoms with Crippen LogP contribution >= 0.6 is 0 Å². The quantitative estimate of drug-likeness (QED) is 0.678. The SMILES string of the molecule is Cc1[nH]ncc1CCCNc1nccc(N[C@@H]2CCCOC2)n1. The first kappa shape index (κ1) is 15.7. The molecule has 0 bridgehead atoms. The number of aromatic nitrogens is 4. The second-order valence-corrected chi connectivity index (χ2v) is 5.87. The summed E-state index contributed by atoms with van der Waals surface area (Å²) in [5.41, 5.74) is 2.41. The average Bonchev–Trinajstić information content (AvgIpc) is 2.98. The normalized spacial score (nSPS) is 17.9. The summed E-state index contributed by atoms with van der Waals surface area (Å²) >= 11 is 0. The van der Waals surface area contributed by atoms with Crippen molar-refractivity contribution in [2.45, 2.75) is 38.6 Å². The standard InChI is InChI=1S/C16H24N6O/c1-12-13(10-19-22-12)4-2-7-17-16-18-8-6-15(21-16)20-14-5-3-9-23-11-14/h6,8,10,14H,2-5,7,9,11H2,1H3,(H,19,22)(H2,17,18,20,21)/t14-/m1/s1. The van der Waals surface area contributed by atoms with E-state index in [4.69, 9.17) is 4.74 Å². The fraction of sp³-hybridized carbons (Fsp3) is 0.562. The molecule has 1 saturated heterocycles. The number of hydrogen-bond donors (Lipinski definition) is 3. The third-order valence-corrected chi connectivity index (χ3v) is 4.01. The Morgan fingerprint density at radius 1 is 1.43 bits per heavy atom. The van der Waals surface area contributed by atoms with Crippen LogP contribution in [0.25, 0.3) is 0 Å². The van der Waals surface area contributed by atoms with Gasteiger partial charge in [-0.3, -0.25) is 5.10 Å². The van der Waals surface area contributed by atoms with Gasteiger partial charge in [0.15, 0.2) is 0 Å². The molecule has 2 aromatic heterocycles. The van der Waals surface area contributed by atoms with E-state index in [1.807, 2.05) is 19.2 Å². The fourth-order valence-corrected chi connectivity index (χ4v) is 2.69. The van der Waals surface area contributed by atoms with Crippen molar-refractivity contribution in [2.24, 2.45) is 0 Å². The lowest BCUT2D eigenvalue weighted by molar-refractivity contribution is 0.0875. The Bertz CT molecular complexity index is 608. The van der Waals surface area contributed by atoms with Crippen LogP contribution in [0.4, 0.5) is 11.8 Å². The van der Waals surface area contributed by atoms with Gasteiger partial charge in [-0.1, -0.05) is 0 Å². The Morgan fingerprint density at radius 3 is 3.17 bits per heavy atom. The van der Waals surface area contributed by atoms with Crippen LogP contribution < -0.4 is 10.6 Å². The molecule has 0 aromatic carbocycles. The van der Waals surface area contributed by atoms with Crippen molar-refractivity contribution >= 4 is 11.8 Å². The van der Waals surface area contributed by atoms with E-state index in [9.17, 15) is 0 Å². The molecule has 3 rings (SSSR count). The minimum atomic E-state index is 0.343. The van der Waals surface area contributed by atoms with Crippen molar-refractivity contribution < 1.29 is 4.74 Å². The van der Waals surface area contributed by atoms with Gasteiger partial charge in [-0.25, -0.2) is 4.98 Å². The number of H-pyrrole nitrogens is 1. The van der Waals surface area contributed by atoms with Crippen LogP contribution in [0.15, 0.2) is 18.5 Å². The number of hydrogen-bond acceptors (Lipinski definition) is 6. The molecular weight excluding hydrogens is 292 g/mol. The zero-order valence-electron chi connectivity index (χ0n) is 13.5. The zero-order chi connectivity index (χ0) is 15.9. The second-order valence-electron chi connectivity index (χ2n) is 5.87. The predicted molar refractivity (Wildman–Crippen MR) is 89.6 cm³/mol. The summed E-state index contributed by atoms with van der Waals surface area (Å²) in [6.07, 6.45) is 7.90. The second kappa shape index (κ2) is 7.92. The first-order chi connectivity index (χ1) is 11.3. The minimum absolute atomic E-state index is 0.343. The molecule has 3 N–H and O–H groups in total. The topological polar surface area (TPSA) is 87.8 Å². The number of aryl methyl sites for hydroxylation is 2. The van der Waals surface area contributed by atoms with Gasteiger partial charge in [-0.15, -0.1) is 0 Å². The molecule has 2 aromatic rings. The van der Waals surface area contributed by atoms with E-state index in [-0.39, 0.29) is 0 Å². The molecule has 3 heterocycles. The molecule has 7 heteroatoms.